The zero-order chi connectivity index (χ0) is 64.5. The summed E-state index contributed by atoms with van der Waals surface area (Å²) in [5.41, 5.74) is 5.78. The first-order valence-electron chi connectivity index (χ1n) is 24.6. The van der Waals surface area contributed by atoms with Crippen molar-refractivity contribution in [1.29, 1.82) is 0 Å². The minimum Gasteiger partial charge on any atom is -0.489 e. The largest absolute Gasteiger partial charge is 0.489 e. The normalized spacial score (nSPS) is 12.2. The number of rotatable bonds is 18. The molecule has 0 saturated carbocycles. The van der Waals surface area contributed by atoms with Gasteiger partial charge >= 0.3 is 19.6 Å². The van der Waals surface area contributed by atoms with Gasteiger partial charge in [-0.2, -0.15) is 33.3 Å². The van der Waals surface area contributed by atoms with Gasteiger partial charge in [0.05, 0.1) is 55.3 Å². The highest BCUT2D eigenvalue weighted by Crippen LogP contribution is 2.39. The lowest BCUT2D eigenvalue weighted by Crippen LogP contribution is -2.47. The van der Waals surface area contributed by atoms with Crippen molar-refractivity contribution in [3.05, 3.63) is 117 Å². The fourth-order valence-corrected chi connectivity index (χ4v) is 8.36. The molecule has 6 aromatic rings. The Hall–Kier alpha value is -8.20. The predicted molar refractivity (Wildman–Crippen MR) is 320 cm³/mol. The number of nitro groups is 1. The number of nitrogens with zero attached hydrogens (tertiary/aromatic N) is 9. The van der Waals surface area contributed by atoms with E-state index in [2.05, 4.69) is 51.2 Å². The lowest BCUT2D eigenvalue weighted by atomic mass is 10.1. The molecule has 4 amide bonds. The second-order valence-corrected chi connectivity index (χ2v) is 22.3. The molecular formula is C49H60Cl4N15O16PS. The van der Waals surface area contributed by atoms with E-state index in [1.54, 1.807) is 33.9 Å². The highest BCUT2D eigenvalue weighted by atomic mass is 35.5. The third-order valence-electron chi connectivity index (χ3n) is 9.93. The van der Waals surface area contributed by atoms with Crippen molar-refractivity contribution < 1.29 is 70.9 Å². The Morgan fingerprint density at radius 2 is 1.53 bits per heavy atom. The van der Waals surface area contributed by atoms with Crippen molar-refractivity contribution in [2.45, 2.75) is 49.6 Å². The molecule has 0 bridgehead atoms. The number of aliphatic carboxylic acids is 1. The number of halogens is 4. The number of carboxylic acids is 1. The number of nitrogen functional groups attached to an aromatic ring is 1. The van der Waals surface area contributed by atoms with Crippen molar-refractivity contribution in [2.75, 3.05) is 80.9 Å². The summed E-state index contributed by atoms with van der Waals surface area (Å²) in [6.45, 7) is 8.63. The van der Waals surface area contributed by atoms with E-state index in [9.17, 15) is 42.3 Å². The molecule has 3 aromatic heterocycles. The second kappa shape index (κ2) is 34.7. The number of alkyl halides is 2. The molecule has 0 saturated heterocycles. The minimum atomic E-state index is -4.46. The molecule has 86 heavy (non-hydrogen) atoms. The molecule has 3 aromatic carbocycles. The number of pyridine rings is 1. The Morgan fingerprint density at radius 3 is 2.09 bits per heavy atom. The van der Waals surface area contributed by atoms with Crippen molar-refractivity contribution in [2.24, 2.45) is 0 Å². The molecule has 1 aliphatic heterocycles. The third kappa shape index (κ3) is 24.0. The predicted octanol–water partition coefficient (Wildman–Crippen LogP) is 6.90. The SMILES string of the molecule is CC1COc2ccccc2N1C(=O)C(Cl)Cl.CCNc1nc(Cl)nc(NC(C)C)n1.COc1cc(OC)nc(NC(=O)NS(=O)(=O)c2ncccc2C(=O)N(C)C)n1.Nc1c([N+](=O)[O-])ccc(Oc2ccccc2)c1Cl.O=C(O)CNCP(=O)(O)O. The maximum Gasteiger partial charge on any atom is 0.339 e. The van der Waals surface area contributed by atoms with E-state index < -0.39 is 63.1 Å². The van der Waals surface area contributed by atoms with Crippen LogP contribution in [0.15, 0.2) is 96.2 Å². The fourth-order valence-electron chi connectivity index (χ4n) is 6.35. The number of urea groups is 1. The van der Waals surface area contributed by atoms with Gasteiger partial charge in [-0.15, -0.1) is 0 Å². The van der Waals surface area contributed by atoms with E-state index in [0.717, 1.165) is 12.2 Å². The molecule has 0 fully saturated rings. The highest BCUT2D eigenvalue weighted by Gasteiger charge is 2.32. The minimum absolute atomic E-state index is 0.0352. The van der Waals surface area contributed by atoms with Gasteiger partial charge in [0, 0.05) is 38.9 Å². The highest BCUT2D eigenvalue weighted by molar-refractivity contribution is 7.90. The number of amides is 4. The molecule has 466 valence electrons. The van der Waals surface area contributed by atoms with Crippen molar-refractivity contribution in [1.82, 2.24) is 44.8 Å². The number of fused-ring (bicyclic) bond motifs is 1. The van der Waals surface area contributed by atoms with Crippen LogP contribution in [-0.2, 0) is 24.2 Å². The van der Waals surface area contributed by atoms with E-state index in [1.807, 2.05) is 58.0 Å². The number of nitro benzene ring substituents is 1. The van der Waals surface area contributed by atoms with E-state index >= 15 is 0 Å². The third-order valence-corrected chi connectivity index (χ3v) is 12.8. The number of anilines is 5. The number of ether oxygens (including phenoxy) is 4. The number of hydrogen-bond donors (Lipinski definition) is 9. The van der Waals surface area contributed by atoms with Gasteiger partial charge in [0.15, 0.2) is 9.86 Å². The number of carbonyl (C=O) groups excluding carboxylic acids is 3. The molecule has 1 atom stereocenters. The first-order chi connectivity index (χ1) is 40.4. The topological polar surface area (TPSA) is 430 Å². The summed E-state index contributed by atoms with van der Waals surface area (Å²) in [5.74, 6) is 0.416. The quantitative estimate of drug-likeness (QED) is 0.0139. The molecule has 0 radical (unpaired) electrons. The Morgan fingerprint density at radius 1 is 0.919 bits per heavy atom. The zero-order valence-electron chi connectivity index (χ0n) is 46.8. The van der Waals surface area contributed by atoms with Gasteiger partial charge in [0.2, 0.25) is 34.9 Å². The van der Waals surface area contributed by atoms with Crippen molar-refractivity contribution >= 4 is 123 Å². The Kier molecular flexibility index (Phi) is 29.1. The number of para-hydroxylation sites is 3. The van der Waals surface area contributed by atoms with E-state index in [1.165, 1.54) is 69.7 Å². The van der Waals surface area contributed by atoms with E-state index in [0.29, 0.717) is 30.0 Å². The van der Waals surface area contributed by atoms with E-state index in [-0.39, 0.29) is 68.7 Å². The maximum absolute atomic E-state index is 12.5. The Bertz CT molecular complexity index is 3410. The fraction of sp³-hybridized carbons (Fsp3) is 0.306. The summed E-state index contributed by atoms with van der Waals surface area (Å²) >= 11 is 22.9. The van der Waals surface area contributed by atoms with Crippen LogP contribution < -0.4 is 55.6 Å². The molecule has 37 heteroatoms. The number of carbonyl (C=O) groups is 4. The summed E-state index contributed by atoms with van der Waals surface area (Å²) < 4.78 is 57.8. The van der Waals surface area contributed by atoms with Crippen LogP contribution in [0.5, 0.6) is 29.0 Å². The molecule has 0 spiro atoms. The first-order valence-corrected chi connectivity index (χ1v) is 29.5. The van der Waals surface area contributed by atoms with Gasteiger partial charge < -0.3 is 60.0 Å². The average Bonchev–Trinajstić information content (AvgIpc) is 1.21. The van der Waals surface area contributed by atoms with Crippen molar-refractivity contribution in [3.8, 4) is 29.0 Å². The Labute approximate surface area is 512 Å². The number of aromatic nitrogens is 6. The van der Waals surface area contributed by atoms with Crippen LogP contribution in [0.3, 0.4) is 0 Å². The summed E-state index contributed by atoms with van der Waals surface area (Å²) in [7, 11) is -2.94. The van der Waals surface area contributed by atoms with Crippen LogP contribution in [0, 0.1) is 10.1 Å². The van der Waals surface area contributed by atoms with Crippen LogP contribution in [0.2, 0.25) is 10.3 Å². The molecule has 4 heterocycles. The number of benzene rings is 3. The standard InChI is InChI=1S/C15H18N6O6S.C12H9ClN2O3.C11H11Cl2NO2.C8H14ClN5.C3H8NO5P/c1-21(2)13(22)9-6-5-7-16-12(9)28(24,25)20-15(23)19-14-17-10(26-3)8-11(18-14)27-4;13-11-10(18-8-4-2-1-3-5-8)7-6-9(12(11)14)15(16)17;1-7-6-16-9-5-3-2-4-8(9)14(7)11(15)10(12)13;1-4-10-7-12-6(9)13-8(14-7)11-5(2)3;5-3(6)1-4-2-10(7,8)9/h5-8H,1-4H3,(H2,17,18,19,20,23);1-7H,14H2;2-5,7,10H,6H2,1H3;5H,4H2,1-3H3,(H2,10,11,12,13,14);4H,1-2H2,(H,5,6)(H2,7,8,9). The van der Waals surface area contributed by atoms with Gasteiger partial charge in [-0.1, -0.05) is 65.1 Å². The number of methoxy groups -OCH3 is 2. The molecular weight excluding hydrogens is 1260 g/mol. The summed E-state index contributed by atoms with van der Waals surface area (Å²) in [4.78, 5) is 97.6. The number of nitrogens with one attached hydrogen (secondary N) is 5. The summed E-state index contributed by atoms with van der Waals surface area (Å²) in [6, 6.07) is 22.1. The van der Waals surface area contributed by atoms with E-state index in [4.69, 9.17) is 86.0 Å². The lowest BCUT2D eigenvalue weighted by molar-refractivity contribution is -0.383. The van der Waals surface area contributed by atoms with Crippen LogP contribution >= 0.6 is 54.0 Å². The van der Waals surface area contributed by atoms with Crippen molar-refractivity contribution in [3.63, 3.8) is 0 Å². The number of sulfonamides is 1. The van der Waals surface area contributed by atoms with Gasteiger partial charge in [-0.3, -0.25) is 39.7 Å². The lowest BCUT2D eigenvalue weighted by Gasteiger charge is -2.35. The summed E-state index contributed by atoms with van der Waals surface area (Å²) in [5, 5.41) is 28.6. The van der Waals surface area contributed by atoms with Gasteiger partial charge in [-0.25, -0.2) is 14.5 Å². The van der Waals surface area contributed by atoms with Gasteiger partial charge in [0.25, 0.3) is 27.5 Å². The van der Waals surface area contributed by atoms with Crippen LogP contribution in [-0.4, -0.2) is 158 Å². The second-order valence-electron chi connectivity index (χ2n) is 17.2. The van der Waals surface area contributed by atoms with Crippen LogP contribution in [0.4, 0.5) is 39.7 Å². The molecule has 31 nitrogen and oxygen atoms in total. The molecule has 0 aliphatic carbocycles. The summed E-state index contributed by atoms with van der Waals surface area (Å²) in [6.07, 6.45) is 0.592. The average molecular weight is 1320 g/mol. The zero-order valence-corrected chi connectivity index (χ0v) is 51.6. The molecule has 1 aliphatic rings. The smallest absolute Gasteiger partial charge is 0.339 e. The molecule has 7 rings (SSSR count). The van der Waals surface area contributed by atoms with Crippen LogP contribution in [0.1, 0.15) is 38.1 Å². The number of nitrogens with two attached hydrogens (primary N) is 1. The molecule has 1 unspecified atom stereocenters. The first kappa shape index (κ1) is 72.1. The van der Waals surface area contributed by atoms with Gasteiger partial charge in [-0.05, 0) is 81.8 Å². The Balaban J connectivity index is 0.000000294. The monoisotopic (exact) mass is 1320 g/mol. The number of hydrogen-bond acceptors (Lipinski definition) is 23. The maximum atomic E-state index is 12.5. The number of carboxylic acid groups (broad SMARTS) is 1. The van der Waals surface area contributed by atoms with Crippen LogP contribution in [0.25, 0.3) is 0 Å². The van der Waals surface area contributed by atoms with Gasteiger partial charge in [0.1, 0.15) is 34.6 Å². The molecule has 10 N–H and O–H groups in total.